The van der Waals surface area contributed by atoms with Gasteiger partial charge in [-0.2, -0.15) is 0 Å². The van der Waals surface area contributed by atoms with Crippen molar-refractivity contribution in [3.63, 3.8) is 0 Å². The number of fused-ring (bicyclic) bond motifs is 1. The van der Waals surface area contributed by atoms with Gasteiger partial charge in [0.2, 0.25) is 12.7 Å². The van der Waals surface area contributed by atoms with E-state index in [1.807, 2.05) is 6.92 Å². The SMILES string of the molecule is CC[C@@H]1OC[C@H]2OC(N)=N[C@](C)(c3cc(NC(=O)c4cnc(OCF)cn4)ccc3F)[C@@H]12. The summed E-state index contributed by atoms with van der Waals surface area (Å²) in [5.74, 6) is -1.36. The normalized spacial score (nSPS) is 26.6. The molecule has 32 heavy (non-hydrogen) atoms. The number of rotatable bonds is 6. The fourth-order valence-corrected chi connectivity index (χ4v) is 4.34. The average Bonchev–Trinajstić information content (AvgIpc) is 3.19. The first-order valence-electron chi connectivity index (χ1n) is 10.1. The molecular weight excluding hydrogens is 424 g/mol. The number of amides is 1. The Balaban J connectivity index is 1.63. The smallest absolute Gasteiger partial charge is 0.283 e. The van der Waals surface area contributed by atoms with Gasteiger partial charge in [-0.3, -0.25) is 4.79 Å². The summed E-state index contributed by atoms with van der Waals surface area (Å²) in [4.78, 5) is 24.7. The molecule has 9 nitrogen and oxygen atoms in total. The summed E-state index contributed by atoms with van der Waals surface area (Å²) in [5, 5.41) is 2.66. The molecule has 1 saturated heterocycles. The van der Waals surface area contributed by atoms with E-state index < -0.39 is 24.1 Å². The van der Waals surface area contributed by atoms with Crippen LogP contribution in [-0.2, 0) is 15.0 Å². The van der Waals surface area contributed by atoms with Crippen LogP contribution in [0.2, 0.25) is 0 Å². The van der Waals surface area contributed by atoms with Crippen molar-refractivity contribution in [3.8, 4) is 5.88 Å². The summed E-state index contributed by atoms with van der Waals surface area (Å²) < 4.78 is 43.3. The van der Waals surface area contributed by atoms with Gasteiger partial charge in [0.15, 0.2) is 0 Å². The van der Waals surface area contributed by atoms with Crippen LogP contribution in [0.1, 0.15) is 36.3 Å². The number of aromatic nitrogens is 2. The molecule has 3 heterocycles. The lowest BCUT2D eigenvalue weighted by Crippen LogP contribution is -2.49. The molecule has 2 aliphatic heterocycles. The number of anilines is 1. The number of alkyl halides is 1. The monoisotopic (exact) mass is 447 g/mol. The molecule has 3 N–H and O–H groups in total. The van der Waals surface area contributed by atoms with Gasteiger partial charge in [0.05, 0.1) is 31.0 Å². The molecule has 2 aliphatic rings. The first kappa shape index (κ1) is 21.9. The van der Waals surface area contributed by atoms with E-state index in [2.05, 4.69) is 25.0 Å². The highest BCUT2D eigenvalue weighted by molar-refractivity contribution is 6.02. The summed E-state index contributed by atoms with van der Waals surface area (Å²) in [6.07, 6.45) is 2.46. The van der Waals surface area contributed by atoms with Crippen molar-refractivity contribution in [2.75, 3.05) is 18.8 Å². The first-order chi connectivity index (χ1) is 15.4. The number of nitrogens with one attached hydrogen (secondary N) is 1. The molecule has 0 radical (unpaired) electrons. The van der Waals surface area contributed by atoms with Crippen molar-refractivity contribution in [2.45, 2.75) is 38.0 Å². The number of halogens is 2. The van der Waals surface area contributed by atoms with E-state index in [1.54, 1.807) is 6.92 Å². The molecule has 4 atom stereocenters. The lowest BCUT2D eigenvalue weighted by molar-refractivity contribution is 0.0540. The minimum Gasteiger partial charge on any atom is -0.459 e. The molecule has 1 fully saturated rings. The highest BCUT2D eigenvalue weighted by Gasteiger charge is 2.54. The summed E-state index contributed by atoms with van der Waals surface area (Å²) in [5.41, 5.74) is 5.43. The second kappa shape index (κ2) is 8.65. The van der Waals surface area contributed by atoms with Crippen molar-refractivity contribution < 1.29 is 27.8 Å². The Morgan fingerprint density at radius 1 is 1.38 bits per heavy atom. The lowest BCUT2D eigenvalue weighted by Gasteiger charge is -2.41. The summed E-state index contributed by atoms with van der Waals surface area (Å²) in [6.45, 7) is 3.05. The predicted molar refractivity (Wildman–Crippen MR) is 110 cm³/mol. The largest absolute Gasteiger partial charge is 0.459 e. The van der Waals surface area contributed by atoms with E-state index in [9.17, 15) is 9.18 Å². The summed E-state index contributed by atoms with van der Waals surface area (Å²) >= 11 is 0. The topological polar surface area (TPSA) is 121 Å². The van der Waals surface area contributed by atoms with Gasteiger partial charge in [-0.25, -0.2) is 23.7 Å². The molecule has 0 bridgehead atoms. The molecule has 0 saturated carbocycles. The van der Waals surface area contributed by atoms with Gasteiger partial charge < -0.3 is 25.3 Å². The molecule has 2 aromatic rings. The fourth-order valence-electron chi connectivity index (χ4n) is 4.34. The summed E-state index contributed by atoms with van der Waals surface area (Å²) in [6, 6.07) is 4.17. The highest BCUT2D eigenvalue weighted by atomic mass is 19.1. The molecule has 0 unspecified atom stereocenters. The molecule has 1 aromatic carbocycles. The van der Waals surface area contributed by atoms with E-state index in [0.29, 0.717) is 18.7 Å². The number of carbonyl (C=O) groups excluding carboxylic acids is 1. The second-order valence-electron chi connectivity index (χ2n) is 7.70. The Kier molecular flexibility index (Phi) is 5.92. The molecular formula is C21H23F2N5O4. The van der Waals surface area contributed by atoms with Gasteiger partial charge in [0, 0.05) is 11.3 Å². The van der Waals surface area contributed by atoms with Gasteiger partial charge in [-0.1, -0.05) is 6.92 Å². The number of benzene rings is 1. The van der Waals surface area contributed by atoms with Crippen LogP contribution in [0.25, 0.3) is 0 Å². The molecule has 1 amide bonds. The third kappa shape index (κ3) is 3.95. The zero-order valence-electron chi connectivity index (χ0n) is 17.5. The number of ether oxygens (including phenoxy) is 3. The maximum absolute atomic E-state index is 15.0. The quantitative estimate of drug-likeness (QED) is 0.698. The predicted octanol–water partition coefficient (Wildman–Crippen LogP) is 2.53. The van der Waals surface area contributed by atoms with E-state index in [-0.39, 0.29) is 41.3 Å². The zero-order valence-corrected chi connectivity index (χ0v) is 17.5. The number of nitrogens with two attached hydrogens (primary N) is 1. The van der Waals surface area contributed by atoms with Crippen LogP contribution in [0.3, 0.4) is 0 Å². The Morgan fingerprint density at radius 2 is 2.19 bits per heavy atom. The van der Waals surface area contributed by atoms with Crippen molar-refractivity contribution in [1.82, 2.24) is 9.97 Å². The third-order valence-corrected chi connectivity index (χ3v) is 5.77. The summed E-state index contributed by atoms with van der Waals surface area (Å²) in [7, 11) is 0. The highest BCUT2D eigenvalue weighted by Crippen LogP contribution is 2.47. The van der Waals surface area contributed by atoms with Crippen LogP contribution >= 0.6 is 0 Å². The fraction of sp³-hybridized carbons (Fsp3) is 0.429. The van der Waals surface area contributed by atoms with Gasteiger partial charge in [0.1, 0.15) is 23.2 Å². The first-order valence-corrected chi connectivity index (χ1v) is 10.1. The molecule has 0 spiro atoms. The number of aliphatic imine (C=N–C) groups is 1. The van der Waals surface area contributed by atoms with Crippen molar-refractivity contribution in [3.05, 3.63) is 47.7 Å². The van der Waals surface area contributed by atoms with Crippen LogP contribution in [0, 0.1) is 11.7 Å². The standard InChI is InChI=1S/C21H23F2N5O4/c1-3-15-18-16(9-30-15)32-20(24)28-21(18,2)12-6-11(4-5-13(12)23)27-19(29)14-7-26-17(8-25-14)31-10-22/h4-8,15-16,18H,3,9-10H2,1-2H3,(H2,24,28)(H,27,29)/t15-,16+,18-,21+/m0/s1. The van der Waals surface area contributed by atoms with Crippen molar-refractivity contribution >= 4 is 17.6 Å². The third-order valence-electron chi connectivity index (χ3n) is 5.77. The van der Waals surface area contributed by atoms with Crippen molar-refractivity contribution in [2.24, 2.45) is 16.6 Å². The van der Waals surface area contributed by atoms with Gasteiger partial charge in [-0.15, -0.1) is 0 Å². The number of nitrogens with zero attached hydrogens (tertiary/aromatic N) is 3. The van der Waals surface area contributed by atoms with E-state index in [1.165, 1.54) is 18.2 Å². The van der Waals surface area contributed by atoms with E-state index in [0.717, 1.165) is 12.4 Å². The second-order valence-corrected chi connectivity index (χ2v) is 7.70. The van der Waals surface area contributed by atoms with Gasteiger partial charge in [-0.05, 0) is 31.5 Å². The average molecular weight is 447 g/mol. The van der Waals surface area contributed by atoms with Crippen molar-refractivity contribution in [1.29, 1.82) is 0 Å². The number of hydrogen-bond donors (Lipinski definition) is 2. The maximum atomic E-state index is 15.0. The Hall–Kier alpha value is -3.34. The Morgan fingerprint density at radius 3 is 2.88 bits per heavy atom. The van der Waals surface area contributed by atoms with Gasteiger partial charge >= 0.3 is 0 Å². The molecule has 1 aromatic heterocycles. The van der Waals surface area contributed by atoms with Crippen LogP contribution < -0.4 is 15.8 Å². The van der Waals surface area contributed by atoms with Crippen LogP contribution in [0.15, 0.2) is 35.6 Å². The molecule has 0 aliphatic carbocycles. The van der Waals surface area contributed by atoms with E-state index in [4.69, 9.17) is 15.2 Å². The van der Waals surface area contributed by atoms with Gasteiger partial charge in [0.25, 0.3) is 11.9 Å². The Bertz CT molecular complexity index is 1040. The van der Waals surface area contributed by atoms with Crippen LogP contribution in [-0.4, -0.2) is 47.6 Å². The number of carbonyl (C=O) groups is 1. The van der Waals surface area contributed by atoms with Crippen LogP contribution in [0.4, 0.5) is 14.5 Å². The molecule has 170 valence electrons. The van der Waals surface area contributed by atoms with Crippen LogP contribution in [0.5, 0.6) is 5.88 Å². The molecule has 4 rings (SSSR count). The number of hydrogen-bond acceptors (Lipinski definition) is 8. The Labute approximate surface area is 183 Å². The minimum atomic E-state index is -1.06. The lowest BCUT2D eigenvalue weighted by atomic mass is 9.73. The van der Waals surface area contributed by atoms with E-state index >= 15 is 4.39 Å². The zero-order chi connectivity index (χ0) is 22.9. The number of amidine groups is 1. The minimum absolute atomic E-state index is 0.0167. The maximum Gasteiger partial charge on any atom is 0.283 e. The molecule has 11 heteroatoms.